The standard InChI is InChI=1S/C35H56O3/c1-28(14-8-15-29(2)18-10-19-31(4)22-12-23-33(6)26-27-36)16-9-17-30(3)20-11-21-32(5)24-13-25-34(7)35(37)38/h14,17-18,21-22,25-26,36H,8-13,15-16,19-20,23-24,27H2,1-7H3,(H,37,38)/b28-14-,29-18-,30-17+,31-22-,32-21+,33-26-,34-25+. The van der Waals surface area contributed by atoms with Crippen LogP contribution in [0.25, 0.3) is 0 Å². The summed E-state index contributed by atoms with van der Waals surface area (Å²) in [5.74, 6) is -0.829. The lowest BCUT2D eigenvalue weighted by Gasteiger charge is -2.04. The second-order valence-corrected chi connectivity index (χ2v) is 10.9. The van der Waals surface area contributed by atoms with Crippen molar-refractivity contribution in [3.8, 4) is 0 Å². The summed E-state index contributed by atoms with van der Waals surface area (Å²) >= 11 is 0. The first-order valence-corrected chi connectivity index (χ1v) is 14.5. The summed E-state index contributed by atoms with van der Waals surface area (Å²) in [7, 11) is 0. The van der Waals surface area contributed by atoms with Crippen LogP contribution in [0, 0.1) is 0 Å². The Morgan fingerprint density at radius 1 is 0.447 bits per heavy atom. The highest BCUT2D eigenvalue weighted by Gasteiger charge is 1.99. The SMILES string of the molecule is C/C(=C/CO)CC/C=C(/C)CC/C=C(/C)CC/C=C(/C)CC/C=C(\C)CC/C=C(\C)CC/C=C(\C)C(=O)O. The van der Waals surface area contributed by atoms with E-state index in [0.29, 0.717) is 5.57 Å². The summed E-state index contributed by atoms with van der Waals surface area (Å²) in [6.07, 6.45) is 28.2. The average molecular weight is 525 g/mol. The molecule has 0 spiro atoms. The monoisotopic (exact) mass is 524 g/mol. The molecule has 3 nitrogen and oxygen atoms in total. The number of rotatable bonds is 20. The van der Waals surface area contributed by atoms with Crippen LogP contribution in [0.1, 0.15) is 126 Å². The quantitative estimate of drug-likeness (QED) is 0.123. The molecule has 0 aliphatic rings. The van der Waals surface area contributed by atoms with Gasteiger partial charge in [0.15, 0.2) is 0 Å². The molecule has 2 N–H and O–H groups in total. The normalized spacial score (nSPS) is 14.9. The fraction of sp³-hybridized carbons (Fsp3) is 0.571. The van der Waals surface area contributed by atoms with Crippen molar-refractivity contribution in [1.82, 2.24) is 0 Å². The highest BCUT2D eigenvalue weighted by molar-refractivity contribution is 5.85. The predicted octanol–water partition coefficient (Wildman–Crippen LogP) is 10.4. The number of aliphatic hydroxyl groups is 1. The number of aliphatic hydroxyl groups excluding tert-OH is 1. The number of carbonyl (C=O) groups is 1. The molecule has 0 aromatic heterocycles. The maximum Gasteiger partial charge on any atom is 0.330 e. The fourth-order valence-corrected chi connectivity index (χ4v) is 4.10. The topological polar surface area (TPSA) is 57.5 Å². The van der Waals surface area contributed by atoms with Gasteiger partial charge in [0.1, 0.15) is 0 Å². The summed E-state index contributed by atoms with van der Waals surface area (Å²) in [5.41, 5.74) is 8.89. The maximum absolute atomic E-state index is 10.8. The Bertz CT molecular complexity index is 903. The molecule has 0 aliphatic heterocycles. The van der Waals surface area contributed by atoms with E-state index in [0.717, 1.165) is 77.0 Å². The van der Waals surface area contributed by atoms with E-state index < -0.39 is 5.97 Å². The minimum Gasteiger partial charge on any atom is -0.478 e. The van der Waals surface area contributed by atoms with Gasteiger partial charge in [0.25, 0.3) is 0 Å². The van der Waals surface area contributed by atoms with E-state index in [9.17, 15) is 4.79 Å². The number of allylic oxidation sites excluding steroid dienone is 12. The van der Waals surface area contributed by atoms with Crippen molar-refractivity contribution in [3.05, 3.63) is 81.5 Å². The first-order valence-electron chi connectivity index (χ1n) is 14.5. The largest absolute Gasteiger partial charge is 0.478 e. The summed E-state index contributed by atoms with van der Waals surface area (Å²) in [6.45, 7) is 15.0. The molecule has 0 saturated carbocycles. The summed E-state index contributed by atoms with van der Waals surface area (Å²) < 4.78 is 0. The van der Waals surface area contributed by atoms with Gasteiger partial charge in [0.05, 0.1) is 6.61 Å². The third-order valence-corrected chi connectivity index (χ3v) is 6.92. The predicted molar refractivity (Wildman–Crippen MR) is 166 cm³/mol. The van der Waals surface area contributed by atoms with E-state index in [2.05, 4.69) is 71.9 Å². The van der Waals surface area contributed by atoms with Crippen LogP contribution in [-0.2, 0) is 4.79 Å². The minimum atomic E-state index is -0.829. The lowest BCUT2D eigenvalue weighted by molar-refractivity contribution is -0.132. The number of carboxylic acids is 1. The van der Waals surface area contributed by atoms with Crippen LogP contribution in [0.15, 0.2) is 81.5 Å². The Labute approximate surface area is 234 Å². The highest BCUT2D eigenvalue weighted by Crippen LogP contribution is 2.16. The Morgan fingerprint density at radius 3 is 0.921 bits per heavy atom. The molecule has 0 atom stereocenters. The molecule has 3 heteroatoms. The van der Waals surface area contributed by atoms with Crippen LogP contribution >= 0.6 is 0 Å². The Kier molecular flexibility index (Phi) is 21.2. The van der Waals surface area contributed by atoms with Crippen molar-refractivity contribution in [2.45, 2.75) is 126 Å². The van der Waals surface area contributed by atoms with Crippen LogP contribution in [0.2, 0.25) is 0 Å². The van der Waals surface area contributed by atoms with Gasteiger partial charge in [0, 0.05) is 5.57 Å². The molecule has 38 heavy (non-hydrogen) atoms. The van der Waals surface area contributed by atoms with Crippen molar-refractivity contribution >= 4 is 5.97 Å². The van der Waals surface area contributed by atoms with Crippen molar-refractivity contribution in [2.24, 2.45) is 0 Å². The maximum atomic E-state index is 10.8. The summed E-state index contributed by atoms with van der Waals surface area (Å²) in [4.78, 5) is 10.8. The lowest BCUT2D eigenvalue weighted by Crippen LogP contribution is -1.95. The lowest BCUT2D eigenvalue weighted by atomic mass is 10.0. The van der Waals surface area contributed by atoms with Crippen LogP contribution < -0.4 is 0 Å². The molecule has 0 bridgehead atoms. The van der Waals surface area contributed by atoms with Gasteiger partial charge < -0.3 is 10.2 Å². The second kappa shape index (κ2) is 22.6. The van der Waals surface area contributed by atoms with E-state index in [4.69, 9.17) is 10.2 Å². The molecule has 0 amide bonds. The number of hydrogen-bond acceptors (Lipinski definition) is 2. The van der Waals surface area contributed by atoms with Crippen molar-refractivity contribution in [3.63, 3.8) is 0 Å². The number of hydrogen-bond donors (Lipinski definition) is 2. The molecule has 0 saturated heterocycles. The molecular weight excluding hydrogens is 468 g/mol. The number of carboxylic acid groups (broad SMARTS) is 1. The Hall–Kier alpha value is -2.39. The van der Waals surface area contributed by atoms with Gasteiger partial charge in [-0.05, 0) is 126 Å². The summed E-state index contributed by atoms with van der Waals surface area (Å²) in [6, 6.07) is 0. The van der Waals surface area contributed by atoms with Gasteiger partial charge in [-0.2, -0.15) is 0 Å². The van der Waals surface area contributed by atoms with Crippen molar-refractivity contribution in [1.29, 1.82) is 0 Å². The van der Waals surface area contributed by atoms with E-state index in [1.54, 1.807) is 6.92 Å². The molecule has 0 rings (SSSR count). The van der Waals surface area contributed by atoms with E-state index in [1.807, 2.05) is 12.2 Å². The minimum absolute atomic E-state index is 0.141. The van der Waals surface area contributed by atoms with Gasteiger partial charge in [-0.15, -0.1) is 0 Å². The molecule has 0 aliphatic carbocycles. The summed E-state index contributed by atoms with van der Waals surface area (Å²) in [5, 5.41) is 17.8. The van der Waals surface area contributed by atoms with Gasteiger partial charge >= 0.3 is 5.97 Å². The fourth-order valence-electron chi connectivity index (χ4n) is 4.10. The molecule has 0 aromatic rings. The molecule has 0 radical (unpaired) electrons. The third-order valence-electron chi connectivity index (χ3n) is 6.92. The van der Waals surface area contributed by atoms with Crippen molar-refractivity contribution in [2.75, 3.05) is 6.61 Å². The Balaban J connectivity index is 4.18. The number of aliphatic carboxylic acids is 1. The van der Waals surface area contributed by atoms with Gasteiger partial charge in [-0.3, -0.25) is 0 Å². The van der Waals surface area contributed by atoms with E-state index in [1.165, 1.54) is 33.4 Å². The van der Waals surface area contributed by atoms with E-state index in [-0.39, 0.29) is 6.61 Å². The van der Waals surface area contributed by atoms with Crippen LogP contribution in [0.3, 0.4) is 0 Å². The second-order valence-electron chi connectivity index (χ2n) is 10.9. The van der Waals surface area contributed by atoms with Crippen molar-refractivity contribution < 1.29 is 15.0 Å². The van der Waals surface area contributed by atoms with Crippen LogP contribution in [-0.4, -0.2) is 22.8 Å². The molecule has 0 unspecified atom stereocenters. The van der Waals surface area contributed by atoms with Crippen LogP contribution in [0.5, 0.6) is 0 Å². The van der Waals surface area contributed by atoms with Crippen LogP contribution in [0.4, 0.5) is 0 Å². The Morgan fingerprint density at radius 2 is 0.684 bits per heavy atom. The molecular formula is C35H56O3. The van der Waals surface area contributed by atoms with Gasteiger partial charge in [-0.1, -0.05) is 76.0 Å². The molecule has 0 fully saturated rings. The first-order chi connectivity index (χ1) is 18.0. The zero-order valence-electron chi connectivity index (χ0n) is 25.5. The molecule has 214 valence electrons. The van der Waals surface area contributed by atoms with Gasteiger partial charge in [-0.25, -0.2) is 4.79 Å². The average Bonchev–Trinajstić information content (AvgIpc) is 2.84. The molecule has 0 heterocycles. The smallest absolute Gasteiger partial charge is 0.330 e. The highest BCUT2D eigenvalue weighted by atomic mass is 16.4. The van der Waals surface area contributed by atoms with Gasteiger partial charge in [0.2, 0.25) is 0 Å². The van der Waals surface area contributed by atoms with E-state index >= 15 is 0 Å². The third kappa shape index (κ3) is 21.7. The zero-order valence-corrected chi connectivity index (χ0v) is 25.5. The zero-order chi connectivity index (χ0) is 28.8. The first kappa shape index (κ1) is 35.6. The molecule has 0 aromatic carbocycles.